The van der Waals surface area contributed by atoms with E-state index in [2.05, 4.69) is 29.2 Å². The van der Waals surface area contributed by atoms with Crippen molar-refractivity contribution in [3.8, 4) is 0 Å². The summed E-state index contributed by atoms with van der Waals surface area (Å²) in [6, 6.07) is 8.95. The molecule has 0 saturated carbocycles. The van der Waals surface area contributed by atoms with Crippen LogP contribution in [0.4, 0.5) is 0 Å². The van der Waals surface area contributed by atoms with E-state index in [9.17, 15) is 0 Å². The average Bonchev–Trinajstić information content (AvgIpc) is 2.64. The van der Waals surface area contributed by atoms with Gasteiger partial charge >= 0.3 is 0 Å². The Balaban J connectivity index is 1.76. The van der Waals surface area contributed by atoms with Crippen molar-refractivity contribution in [2.24, 2.45) is 5.73 Å². The van der Waals surface area contributed by atoms with Crippen LogP contribution in [0.15, 0.2) is 24.3 Å². The van der Waals surface area contributed by atoms with Crippen LogP contribution in [-0.4, -0.2) is 18.0 Å². The minimum Gasteiger partial charge on any atom is -0.326 e. The number of nitrogens with zero attached hydrogens (tertiary/aromatic N) is 1. The molecule has 0 radical (unpaired) electrons. The van der Waals surface area contributed by atoms with Crippen molar-refractivity contribution < 1.29 is 0 Å². The molecule has 2 heterocycles. The lowest BCUT2D eigenvalue weighted by Gasteiger charge is -2.18. The number of nitrogens with two attached hydrogens (primary N) is 1. The molecule has 0 spiro atoms. The van der Waals surface area contributed by atoms with Gasteiger partial charge in [-0.3, -0.25) is 4.90 Å². The van der Waals surface area contributed by atoms with Crippen molar-refractivity contribution in [2.75, 3.05) is 13.1 Å². The highest BCUT2D eigenvalue weighted by atomic mass is 32.1. The molecule has 1 saturated heterocycles. The monoisotopic (exact) mass is 274 g/mol. The number of rotatable bonds is 3. The van der Waals surface area contributed by atoms with Gasteiger partial charge in [-0.25, -0.2) is 0 Å². The van der Waals surface area contributed by atoms with E-state index >= 15 is 0 Å². The van der Waals surface area contributed by atoms with Crippen LogP contribution in [0.3, 0.4) is 0 Å². The second-order valence-corrected chi connectivity index (χ2v) is 6.65. The van der Waals surface area contributed by atoms with Gasteiger partial charge in [0.2, 0.25) is 0 Å². The summed E-state index contributed by atoms with van der Waals surface area (Å²) in [4.78, 5) is 4.10. The van der Waals surface area contributed by atoms with Crippen LogP contribution >= 0.6 is 11.3 Å². The lowest BCUT2D eigenvalue weighted by atomic mass is 10.2. The maximum absolute atomic E-state index is 5.71. The Morgan fingerprint density at radius 3 is 2.58 bits per heavy atom. The van der Waals surface area contributed by atoms with Gasteiger partial charge in [0.1, 0.15) is 0 Å². The fraction of sp³-hybridized carbons (Fsp3) is 0.500. The Bertz CT molecular complexity index is 539. The zero-order valence-corrected chi connectivity index (χ0v) is 12.2. The van der Waals surface area contributed by atoms with Crippen LogP contribution in [0.2, 0.25) is 0 Å². The molecule has 1 aliphatic rings. The topological polar surface area (TPSA) is 29.3 Å². The van der Waals surface area contributed by atoms with Crippen LogP contribution in [0.5, 0.6) is 0 Å². The highest BCUT2D eigenvalue weighted by Gasteiger charge is 2.11. The smallest absolute Gasteiger partial charge is 0.0349 e. The predicted octanol–water partition coefficient (Wildman–Crippen LogP) is 3.74. The molecular formula is C16H22N2S. The summed E-state index contributed by atoms with van der Waals surface area (Å²) >= 11 is 1.93. The molecule has 0 atom stereocenters. The maximum atomic E-state index is 5.71. The van der Waals surface area contributed by atoms with Crippen LogP contribution in [0, 0.1) is 0 Å². The number of hydrogen-bond donors (Lipinski definition) is 1. The molecule has 0 bridgehead atoms. The fourth-order valence-electron chi connectivity index (χ4n) is 2.85. The van der Waals surface area contributed by atoms with Gasteiger partial charge in [-0.2, -0.15) is 0 Å². The molecule has 2 aromatic rings. The Hall–Kier alpha value is -0.900. The van der Waals surface area contributed by atoms with E-state index in [1.165, 1.54) is 59.3 Å². The zero-order valence-electron chi connectivity index (χ0n) is 11.4. The first-order valence-corrected chi connectivity index (χ1v) is 8.10. The van der Waals surface area contributed by atoms with Crippen molar-refractivity contribution in [1.29, 1.82) is 0 Å². The van der Waals surface area contributed by atoms with Gasteiger partial charge < -0.3 is 5.73 Å². The van der Waals surface area contributed by atoms with Crippen molar-refractivity contribution >= 4 is 21.4 Å². The van der Waals surface area contributed by atoms with Crippen LogP contribution in [0.25, 0.3) is 10.1 Å². The number of thiophene rings is 1. The lowest BCUT2D eigenvalue weighted by Crippen LogP contribution is -2.23. The molecule has 2 nitrogen and oxygen atoms in total. The Kier molecular flexibility index (Phi) is 4.16. The Morgan fingerprint density at radius 2 is 1.84 bits per heavy atom. The average molecular weight is 274 g/mol. The molecule has 1 aromatic carbocycles. The van der Waals surface area contributed by atoms with Gasteiger partial charge in [-0.1, -0.05) is 25.0 Å². The number of hydrogen-bond acceptors (Lipinski definition) is 3. The normalized spacial score (nSPS) is 17.7. The van der Waals surface area contributed by atoms with E-state index in [4.69, 9.17) is 5.73 Å². The van der Waals surface area contributed by atoms with Crippen molar-refractivity contribution in [3.05, 3.63) is 34.7 Å². The summed E-state index contributed by atoms with van der Waals surface area (Å²) < 4.78 is 1.38. The molecular weight excluding hydrogens is 252 g/mol. The van der Waals surface area contributed by atoms with Gasteiger partial charge in [-0.05, 0) is 49.0 Å². The first-order valence-electron chi connectivity index (χ1n) is 7.29. The number of benzene rings is 1. The minimum absolute atomic E-state index is 0.634. The molecule has 19 heavy (non-hydrogen) atoms. The predicted molar refractivity (Wildman–Crippen MR) is 83.5 cm³/mol. The summed E-state index contributed by atoms with van der Waals surface area (Å²) in [5.74, 6) is 0. The maximum Gasteiger partial charge on any atom is 0.0349 e. The minimum atomic E-state index is 0.634. The van der Waals surface area contributed by atoms with Crippen molar-refractivity contribution in [3.63, 3.8) is 0 Å². The standard InChI is InChI=1S/C16H22N2S/c17-11-13-5-6-14-10-15(19-16(14)9-13)12-18-7-3-1-2-4-8-18/h5-6,9-10H,1-4,7-8,11-12,17H2. The molecule has 1 aliphatic heterocycles. The van der Waals surface area contributed by atoms with E-state index in [0.29, 0.717) is 6.54 Å². The molecule has 102 valence electrons. The third-order valence-electron chi connectivity index (χ3n) is 3.95. The summed E-state index contributed by atoms with van der Waals surface area (Å²) in [5.41, 5.74) is 6.94. The van der Waals surface area contributed by atoms with E-state index in [1.807, 2.05) is 11.3 Å². The van der Waals surface area contributed by atoms with E-state index in [1.54, 1.807) is 0 Å². The summed E-state index contributed by atoms with van der Waals surface area (Å²) in [6.45, 7) is 4.29. The van der Waals surface area contributed by atoms with Crippen LogP contribution < -0.4 is 5.73 Å². The molecule has 3 rings (SSSR count). The van der Waals surface area contributed by atoms with Crippen molar-refractivity contribution in [1.82, 2.24) is 4.90 Å². The molecule has 0 amide bonds. The van der Waals surface area contributed by atoms with E-state index in [0.717, 1.165) is 6.54 Å². The molecule has 1 aromatic heterocycles. The third kappa shape index (κ3) is 3.16. The van der Waals surface area contributed by atoms with E-state index < -0.39 is 0 Å². The SMILES string of the molecule is NCc1ccc2cc(CN3CCCCCC3)sc2c1. The van der Waals surface area contributed by atoms with Crippen molar-refractivity contribution in [2.45, 2.75) is 38.8 Å². The largest absolute Gasteiger partial charge is 0.326 e. The van der Waals surface area contributed by atoms with Crippen LogP contribution in [0.1, 0.15) is 36.1 Å². The summed E-state index contributed by atoms with van der Waals surface area (Å²) in [7, 11) is 0. The summed E-state index contributed by atoms with van der Waals surface area (Å²) in [6.07, 6.45) is 5.54. The van der Waals surface area contributed by atoms with Gasteiger partial charge in [0.25, 0.3) is 0 Å². The zero-order chi connectivity index (χ0) is 13.1. The molecule has 1 fully saturated rings. The quantitative estimate of drug-likeness (QED) is 0.924. The van der Waals surface area contributed by atoms with Gasteiger partial charge in [0.05, 0.1) is 0 Å². The first kappa shape index (κ1) is 13.1. The lowest BCUT2D eigenvalue weighted by molar-refractivity contribution is 0.279. The van der Waals surface area contributed by atoms with Gasteiger partial charge in [0.15, 0.2) is 0 Å². The fourth-order valence-corrected chi connectivity index (χ4v) is 4.02. The van der Waals surface area contributed by atoms with Crippen LogP contribution in [-0.2, 0) is 13.1 Å². The van der Waals surface area contributed by atoms with Gasteiger partial charge in [-0.15, -0.1) is 11.3 Å². The number of fused-ring (bicyclic) bond motifs is 1. The number of likely N-dealkylation sites (tertiary alicyclic amines) is 1. The second kappa shape index (κ2) is 6.04. The molecule has 0 unspecified atom stereocenters. The molecule has 3 heteroatoms. The highest BCUT2D eigenvalue weighted by Crippen LogP contribution is 2.28. The van der Waals surface area contributed by atoms with Gasteiger partial charge in [0, 0.05) is 22.7 Å². The van der Waals surface area contributed by atoms with E-state index in [-0.39, 0.29) is 0 Å². The first-order chi connectivity index (χ1) is 9.35. The summed E-state index contributed by atoms with van der Waals surface area (Å²) in [5, 5.41) is 1.37. The third-order valence-corrected chi connectivity index (χ3v) is 5.03. The highest BCUT2D eigenvalue weighted by molar-refractivity contribution is 7.19. The molecule has 0 aliphatic carbocycles. The Labute approximate surface area is 119 Å². The Morgan fingerprint density at radius 1 is 1.05 bits per heavy atom. The molecule has 2 N–H and O–H groups in total. The second-order valence-electron chi connectivity index (χ2n) is 5.48.